The van der Waals surface area contributed by atoms with Crippen molar-refractivity contribution >= 4 is 13.5 Å². The highest BCUT2D eigenvalue weighted by Crippen LogP contribution is 2.70. The molecule has 1 aromatic carbocycles. The summed E-state index contributed by atoms with van der Waals surface area (Å²) in [5, 5.41) is 0. The highest BCUT2D eigenvalue weighted by Gasteiger charge is 2.50. The SMILES string of the molecule is Cc1c(N)cc2c3c1OP(=O)(O2)O3. The van der Waals surface area contributed by atoms with Gasteiger partial charge in [-0.25, -0.2) is 0 Å². The summed E-state index contributed by atoms with van der Waals surface area (Å²) in [6, 6.07) is 1.59. The van der Waals surface area contributed by atoms with Crippen LogP contribution in [0.5, 0.6) is 17.2 Å². The summed E-state index contributed by atoms with van der Waals surface area (Å²) in [7, 11) is -3.35. The fourth-order valence-electron chi connectivity index (χ4n) is 1.39. The normalized spacial score (nSPS) is 26.5. The Morgan fingerprint density at radius 1 is 1.31 bits per heavy atom. The van der Waals surface area contributed by atoms with Gasteiger partial charge in [-0.05, 0) is 6.92 Å². The van der Waals surface area contributed by atoms with E-state index in [-0.39, 0.29) is 0 Å². The Morgan fingerprint density at radius 3 is 2.69 bits per heavy atom. The first-order chi connectivity index (χ1) is 6.09. The first-order valence-electron chi connectivity index (χ1n) is 3.71. The van der Waals surface area contributed by atoms with Crippen LogP contribution in [0.3, 0.4) is 0 Å². The molecular formula is C7H6NO4P. The third kappa shape index (κ3) is 0.704. The Bertz CT molecular complexity index is 464. The average Bonchev–Trinajstić information content (AvgIpc) is 2.53. The number of hydrogen-bond acceptors (Lipinski definition) is 5. The zero-order valence-electron chi connectivity index (χ0n) is 6.73. The van der Waals surface area contributed by atoms with Crippen LogP contribution >= 0.6 is 7.82 Å². The van der Waals surface area contributed by atoms with Gasteiger partial charge in [-0.2, -0.15) is 4.57 Å². The van der Waals surface area contributed by atoms with Gasteiger partial charge in [0.25, 0.3) is 0 Å². The first kappa shape index (κ1) is 7.09. The minimum atomic E-state index is -3.35. The summed E-state index contributed by atoms with van der Waals surface area (Å²) >= 11 is 0. The molecule has 0 spiro atoms. The molecule has 1 unspecified atom stereocenters. The number of anilines is 1. The largest absolute Gasteiger partial charge is 0.647 e. The third-order valence-electron chi connectivity index (χ3n) is 2.11. The second-order valence-corrected chi connectivity index (χ2v) is 4.41. The topological polar surface area (TPSA) is 70.8 Å². The number of hydrogen-bond donors (Lipinski definition) is 1. The van der Waals surface area contributed by atoms with Gasteiger partial charge in [0.05, 0.1) is 0 Å². The molecule has 0 saturated heterocycles. The van der Waals surface area contributed by atoms with Crippen molar-refractivity contribution in [1.29, 1.82) is 0 Å². The highest BCUT2D eigenvalue weighted by molar-refractivity contribution is 7.50. The van der Waals surface area contributed by atoms with Crippen LogP contribution in [0.1, 0.15) is 5.56 Å². The average molecular weight is 199 g/mol. The predicted molar refractivity (Wildman–Crippen MR) is 45.1 cm³/mol. The van der Waals surface area contributed by atoms with Gasteiger partial charge in [0.1, 0.15) is 0 Å². The molecule has 3 rings (SSSR count). The number of nitrogen functional groups attached to an aromatic ring is 1. The van der Waals surface area contributed by atoms with Crippen LogP contribution in [0.2, 0.25) is 0 Å². The molecule has 0 radical (unpaired) electrons. The molecule has 68 valence electrons. The molecule has 1 aromatic rings. The monoisotopic (exact) mass is 199 g/mol. The van der Waals surface area contributed by atoms with E-state index in [0.717, 1.165) is 5.56 Å². The van der Waals surface area contributed by atoms with Crippen molar-refractivity contribution in [3.8, 4) is 17.2 Å². The van der Waals surface area contributed by atoms with E-state index in [2.05, 4.69) is 0 Å². The zero-order chi connectivity index (χ0) is 9.22. The van der Waals surface area contributed by atoms with E-state index in [1.165, 1.54) is 0 Å². The summed E-state index contributed by atoms with van der Waals surface area (Å²) in [6.07, 6.45) is 0. The van der Waals surface area contributed by atoms with Gasteiger partial charge >= 0.3 is 7.82 Å². The maximum atomic E-state index is 11.5. The lowest BCUT2D eigenvalue weighted by atomic mass is 10.1. The molecular weight excluding hydrogens is 193 g/mol. The van der Waals surface area contributed by atoms with E-state index in [0.29, 0.717) is 22.9 Å². The van der Waals surface area contributed by atoms with Gasteiger partial charge in [0.2, 0.25) is 5.75 Å². The van der Waals surface area contributed by atoms with Crippen molar-refractivity contribution in [3.63, 3.8) is 0 Å². The summed E-state index contributed by atoms with van der Waals surface area (Å²) < 4.78 is 26.4. The van der Waals surface area contributed by atoms with E-state index >= 15 is 0 Å². The Hall–Kier alpha value is -1.35. The highest BCUT2D eigenvalue weighted by atomic mass is 31.2. The summed E-state index contributed by atoms with van der Waals surface area (Å²) in [6.45, 7) is 1.78. The second kappa shape index (κ2) is 1.77. The van der Waals surface area contributed by atoms with Crippen molar-refractivity contribution in [3.05, 3.63) is 11.6 Å². The van der Waals surface area contributed by atoms with Gasteiger partial charge in [-0.15, -0.1) is 0 Å². The molecule has 0 saturated carbocycles. The molecule has 0 fully saturated rings. The molecule has 0 aliphatic carbocycles. The van der Waals surface area contributed by atoms with Gasteiger partial charge < -0.3 is 19.3 Å². The maximum absolute atomic E-state index is 11.5. The Labute approximate surface area is 74.0 Å². The van der Waals surface area contributed by atoms with Crippen LogP contribution in [0.4, 0.5) is 5.69 Å². The molecule has 13 heavy (non-hydrogen) atoms. The minimum Gasteiger partial charge on any atom is -0.398 e. The molecule has 6 heteroatoms. The Kier molecular flexibility index (Phi) is 0.967. The number of phosphoric ester groups is 1. The predicted octanol–water partition coefficient (Wildman–Crippen LogP) is 1.85. The van der Waals surface area contributed by atoms with Crippen molar-refractivity contribution < 1.29 is 18.1 Å². The van der Waals surface area contributed by atoms with Crippen LogP contribution < -0.4 is 19.3 Å². The molecule has 2 bridgehead atoms. The first-order valence-corrected chi connectivity index (χ1v) is 5.17. The summed E-state index contributed by atoms with van der Waals surface area (Å²) in [5.74, 6) is 1.27. The molecule has 2 heterocycles. The van der Waals surface area contributed by atoms with Gasteiger partial charge in [0, 0.05) is 17.3 Å². The molecule has 1 atom stereocenters. The quantitative estimate of drug-likeness (QED) is 0.510. The number of rotatable bonds is 0. The van der Waals surface area contributed by atoms with E-state index < -0.39 is 7.82 Å². The summed E-state index contributed by atoms with van der Waals surface area (Å²) in [5.41, 5.74) is 6.94. The van der Waals surface area contributed by atoms with E-state index in [1.54, 1.807) is 13.0 Å². The molecule has 2 N–H and O–H groups in total. The molecule has 0 aromatic heterocycles. The molecule has 5 nitrogen and oxygen atoms in total. The molecule has 2 aliphatic heterocycles. The lowest BCUT2D eigenvalue weighted by Crippen LogP contribution is -2.00. The van der Waals surface area contributed by atoms with Gasteiger partial charge in [-0.3, -0.25) is 0 Å². The molecule has 2 aliphatic rings. The lowest BCUT2D eigenvalue weighted by molar-refractivity contribution is 0.353. The third-order valence-corrected chi connectivity index (χ3v) is 3.34. The van der Waals surface area contributed by atoms with Crippen LogP contribution in [0, 0.1) is 6.92 Å². The fraction of sp³-hybridized carbons (Fsp3) is 0.143. The number of phosphoric acid groups is 1. The van der Waals surface area contributed by atoms with Gasteiger partial charge in [0.15, 0.2) is 11.5 Å². The van der Waals surface area contributed by atoms with Crippen LogP contribution in [0.15, 0.2) is 6.07 Å². The van der Waals surface area contributed by atoms with Crippen LogP contribution in [-0.4, -0.2) is 0 Å². The lowest BCUT2D eigenvalue weighted by Gasteiger charge is -2.12. The number of fused-ring (bicyclic) bond motifs is 1. The van der Waals surface area contributed by atoms with E-state index in [4.69, 9.17) is 19.3 Å². The van der Waals surface area contributed by atoms with Crippen molar-refractivity contribution in [2.75, 3.05) is 5.73 Å². The summed E-state index contributed by atoms with van der Waals surface area (Å²) in [4.78, 5) is 0. The fourth-order valence-corrected chi connectivity index (χ4v) is 2.72. The Balaban J connectivity index is 2.39. The zero-order valence-corrected chi connectivity index (χ0v) is 7.63. The smallest absolute Gasteiger partial charge is 0.398 e. The number of benzene rings is 1. The van der Waals surface area contributed by atoms with E-state index in [1.807, 2.05) is 0 Å². The minimum absolute atomic E-state index is 0.410. The van der Waals surface area contributed by atoms with Crippen molar-refractivity contribution in [2.45, 2.75) is 6.92 Å². The second-order valence-electron chi connectivity index (χ2n) is 2.97. The maximum Gasteiger partial charge on any atom is 0.647 e. The van der Waals surface area contributed by atoms with Gasteiger partial charge in [-0.1, -0.05) is 0 Å². The van der Waals surface area contributed by atoms with Crippen molar-refractivity contribution in [1.82, 2.24) is 0 Å². The van der Waals surface area contributed by atoms with Crippen LogP contribution in [0.25, 0.3) is 0 Å². The number of nitrogens with two attached hydrogens (primary N) is 1. The van der Waals surface area contributed by atoms with Crippen molar-refractivity contribution in [2.24, 2.45) is 0 Å². The Morgan fingerprint density at radius 2 is 2.00 bits per heavy atom. The van der Waals surface area contributed by atoms with E-state index in [9.17, 15) is 4.57 Å². The standard InChI is InChI=1S/C7H6NO4P/c1-3-4(8)2-5-7-6(3)11-13(9,10-5)12-7/h2H,8H2,1H3. The van der Waals surface area contributed by atoms with Crippen LogP contribution in [-0.2, 0) is 4.57 Å². The molecule has 0 amide bonds.